The molecule has 1 unspecified atom stereocenters. The molecule has 1 atom stereocenters. The number of benzene rings is 1. The molecule has 22 heavy (non-hydrogen) atoms. The molecule has 1 fully saturated rings. The fraction of sp³-hybridized carbons (Fsp3) is 0.333. The lowest BCUT2D eigenvalue weighted by molar-refractivity contribution is -0.00225. The van der Waals surface area contributed by atoms with Gasteiger partial charge in [0.05, 0.1) is 6.26 Å². The third kappa shape index (κ3) is 2.79. The molecule has 118 valence electrons. The van der Waals surface area contributed by atoms with Gasteiger partial charge in [0.15, 0.2) is 0 Å². The highest BCUT2D eigenvalue weighted by Crippen LogP contribution is 2.45. The highest BCUT2D eigenvalue weighted by molar-refractivity contribution is 7.89. The number of sulfonamides is 1. The van der Waals surface area contributed by atoms with Crippen molar-refractivity contribution in [1.82, 2.24) is 4.72 Å². The van der Waals surface area contributed by atoms with E-state index in [-0.39, 0.29) is 12.5 Å². The summed E-state index contributed by atoms with van der Waals surface area (Å²) < 4.78 is 45.6. The van der Waals surface area contributed by atoms with Gasteiger partial charge in [-0.05, 0) is 43.0 Å². The summed E-state index contributed by atoms with van der Waals surface area (Å²) in [5, 5.41) is 10.8. The molecule has 2 aromatic rings. The molecule has 1 aliphatic rings. The van der Waals surface area contributed by atoms with Crippen molar-refractivity contribution in [3.63, 3.8) is 0 Å². The molecule has 7 heteroatoms. The first-order chi connectivity index (χ1) is 10.4. The topological polar surface area (TPSA) is 79.5 Å². The van der Waals surface area contributed by atoms with Crippen molar-refractivity contribution in [2.24, 2.45) is 5.92 Å². The Hall–Kier alpha value is -1.70. The van der Waals surface area contributed by atoms with E-state index in [4.69, 9.17) is 4.42 Å². The zero-order chi connectivity index (χ0) is 15.8. The molecule has 1 saturated carbocycles. The summed E-state index contributed by atoms with van der Waals surface area (Å²) in [6, 6.07) is 8.35. The second kappa shape index (κ2) is 5.49. The number of furan rings is 1. The maximum absolute atomic E-state index is 13.6. The van der Waals surface area contributed by atoms with E-state index >= 15 is 0 Å². The molecule has 0 amide bonds. The predicted octanol–water partition coefficient (Wildman–Crippen LogP) is 1.99. The van der Waals surface area contributed by atoms with E-state index in [2.05, 4.69) is 4.72 Å². The Kier molecular flexibility index (Phi) is 3.80. The van der Waals surface area contributed by atoms with Crippen molar-refractivity contribution in [1.29, 1.82) is 0 Å². The summed E-state index contributed by atoms with van der Waals surface area (Å²) >= 11 is 0. The van der Waals surface area contributed by atoms with Gasteiger partial charge in [-0.1, -0.05) is 12.1 Å². The first-order valence-corrected chi connectivity index (χ1v) is 8.42. The van der Waals surface area contributed by atoms with Crippen LogP contribution >= 0.6 is 0 Å². The van der Waals surface area contributed by atoms with Gasteiger partial charge in [-0.15, -0.1) is 0 Å². The molecular weight excluding hydrogens is 309 g/mol. The van der Waals surface area contributed by atoms with Crippen molar-refractivity contribution in [2.75, 3.05) is 6.54 Å². The van der Waals surface area contributed by atoms with Crippen LogP contribution in [0.5, 0.6) is 0 Å². The van der Waals surface area contributed by atoms with Crippen molar-refractivity contribution < 1.29 is 22.3 Å². The van der Waals surface area contributed by atoms with Gasteiger partial charge in [0, 0.05) is 6.54 Å². The summed E-state index contributed by atoms with van der Waals surface area (Å²) in [6.07, 6.45) is 3.01. The van der Waals surface area contributed by atoms with E-state index in [1.54, 1.807) is 12.1 Å². The maximum atomic E-state index is 13.6. The number of aliphatic hydroxyl groups is 1. The molecule has 2 N–H and O–H groups in total. The molecule has 1 heterocycles. The van der Waals surface area contributed by atoms with Crippen LogP contribution in [-0.4, -0.2) is 20.1 Å². The fourth-order valence-electron chi connectivity index (χ4n) is 2.46. The summed E-state index contributed by atoms with van der Waals surface area (Å²) in [7, 11) is -4.05. The minimum absolute atomic E-state index is 0.0676. The largest absolute Gasteiger partial charge is 0.466 e. The number of hydrogen-bond acceptors (Lipinski definition) is 4. The van der Waals surface area contributed by atoms with Crippen LogP contribution in [0.3, 0.4) is 0 Å². The van der Waals surface area contributed by atoms with Crippen LogP contribution in [0.15, 0.2) is 52.0 Å². The smallest absolute Gasteiger partial charge is 0.243 e. The van der Waals surface area contributed by atoms with Gasteiger partial charge in [-0.2, -0.15) is 0 Å². The van der Waals surface area contributed by atoms with Crippen LogP contribution in [-0.2, 0) is 15.6 Å². The standard InChI is InChI=1S/C15H16FNO4S/c16-12-4-1-2-5-13(12)22(19,20)17-10-15(18,11-7-8-11)14-6-3-9-21-14/h1-6,9,11,17-18H,7-8,10H2. The lowest BCUT2D eigenvalue weighted by Crippen LogP contribution is -2.42. The second-order valence-corrected chi connectivity index (χ2v) is 7.17. The molecular formula is C15H16FNO4S. The van der Waals surface area contributed by atoms with Gasteiger partial charge in [0.25, 0.3) is 0 Å². The number of halogens is 1. The summed E-state index contributed by atoms with van der Waals surface area (Å²) in [5.74, 6) is -0.587. The molecule has 3 rings (SSSR count). The van der Waals surface area contributed by atoms with Crippen LogP contribution in [0.4, 0.5) is 4.39 Å². The molecule has 0 spiro atoms. The summed E-state index contributed by atoms with van der Waals surface area (Å²) in [5.41, 5.74) is -1.41. The zero-order valence-corrected chi connectivity index (χ0v) is 12.5. The van der Waals surface area contributed by atoms with Crippen molar-refractivity contribution in [3.8, 4) is 0 Å². The third-order valence-corrected chi connectivity index (χ3v) is 5.29. The van der Waals surface area contributed by atoms with Crippen molar-refractivity contribution in [3.05, 3.63) is 54.2 Å². The van der Waals surface area contributed by atoms with Crippen LogP contribution in [0.2, 0.25) is 0 Å². The number of nitrogens with one attached hydrogen (secondary N) is 1. The third-order valence-electron chi connectivity index (χ3n) is 3.86. The quantitative estimate of drug-likeness (QED) is 0.851. The number of rotatable bonds is 6. The maximum Gasteiger partial charge on any atom is 0.243 e. The Morgan fingerprint density at radius 1 is 1.27 bits per heavy atom. The van der Waals surface area contributed by atoms with E-state index in [1.807, 2.05) is 0 Å². The highest BCUT2D eigenvalue weighted by atomic mass is 32.2. The van der Waals surface area contributed by atoms with Crippen LogP contribution < -0.4 is 4.72 Å². The van der Waals surface area contributed by atoms with Crippen LogP contribution in [0.1, 0.15) is 18.6 Å². The van der Waals surface area contributed by atoms with E-state index < -0.39 is 26.3 Å². The average Bonchev–Trinajstić information content (AvgIpc) is 3.20. The Balaban J connectivity index is 1.83. The van der Waals surface area contributed by atoms with Gasteiger partial charge < -0.3 is 9.52 Å². The number of hydrogen-bond donors (Lipinski definition) is 2. The predicted molar refractivity (Wildman–Crippen MR) is 76.9 cm³/mol. The Bertz CT molecular complexity index is 756. The monoisotopic (exact) mass is 325 g/mol. The van der Waals surface area contributed by atoms with Crippen molar-refractivity contribution >= 4 is 10.0 Å². The Morgan fingerprint density at radius 2 is 2.00 bits per heavy atom. The molecule has 0 aliphatic heterocycles. The molecule has 0 saturated heterocycles. The normalized spacial score (nSPS) is 18.1. The SMILES string of the molecule is O=S(=O)(NCC(O)(c1ccco1)C1CC1)c1ccccc1F. The van der Waals surface area contributed by atoms with Gasteiger partial charge >= 0.3 is 0 Å². The lowest BCUT2D eigenvalue weighted by Gasteiger charge is -2.26. The van der Waals surface area contributed by atoms with E-state index in [9.17, 15) is 17.9 Å². The van der Waals surface area contributed by atoms with Gasteiger partial charge in [0.1, 0.15) is 22.1 Å². The minimum Gasteiger partial charge on any atom is -0.466 e. The average molecular weight is 325 g/mol. The lowest BCUT2D eigenvalue weighted by atomic mass is 9.95. The van der Waals surface area contributed by atoms with Gasteiger partial charge in [-0.25, -0.2) is 17.5 Å². The van der Waals surface area contributed by atoms with E-state index in [1.165, 1.54) is 24.5 Å². The molecule has 1 aromatic heterocycles. The van der Waals surface area contributed by atoms with Crippen LogP contribution in [0, 0.1) is 11.7 Å². The van der Waals surface area contributed by atoms with Crippen LogP contribution in [0.25, 0.3) is 0 Å². The minimum atomic E-state index is -4.05. The first-order valence-electron chi connectivity index (χ1n) is 6.94. The van der Waals surface area contributed by atoms with Crippen molar-refractivity contribution in [2.45, 2.75) is 23.3 Å². The molecule has 1 aromatic carbocycles. The first kappa shape index (κ1) is 15.2. The highest BCUT2D eigenvalue weighted by Gasteiger charge is 2.47. The fourth-order valence-corrected chi connectivity index (χ4v) is 3.61. The molecule has 0 bridgehead atoms. The summed E-state index contributed by atoms with van der Waals surface area (Å²) in [4.78, 5) is -0.437. The van der Waals surface area contributed by atoms with E-state index in [0.29, 0.717) is 5.76 Å². The Labute approximate surface area is 127 Å². The second-order valence-electron chi connectivity index (χ2n) is 5.43. The molecule has 1 aliphatic carbocycles. The van der Waals surface area contributed by atoms with E-state index in [0.717, 1.165) is 18.9 Å². The molecule has 0 radical (unpaired) electrons. The van der Waals surface area contributed by atoms with Gasteiger partial charge in [0.2, 0.25) is 10.0 Å². The Morgan fingerprint density at radius 3 is 2.59 bits per heavy atom. The summed E-state index contributed by atoms with van der Waals surface area (Å²) in [6.45, 7) is -0.262. The zero-order valence-electron chi connectivity index (χ0n) is 11.7. The molecule has 5 nitrogen and oxygen atoms in total. The van der Waals surface area contributed by atoms with Gasteiger partial charge in [-0.3, -0.25) is 0 Å².